The van der Waals surface area contributed by atoms with E-state index in [0.29, 0.717) is 12.6 Å². The van der Waals surface area contributed by atoms with Gasteiger partial charge >= 0.3 is 12.0 Å². The standard InChI is InChI=1S/C13H25N5O2/c1-9(2)20-12-16-10(14-5)15-11(17-12)19-8-13(3,4)18(6)7/h9H,8H2,1-7H3,(H,14,15,16,17). The highest BCUT2D eigenvalue weighted by Crippen LogP contribution is 2.16. The highest BCUT2D eigenvalue weighted by Gasteiger charge is 2.22. The lowest BCUT2D eigenvalue weighted by atomic mass is 10.1. The van der Waals surface area contributed by atoms with Crippen LogP contribution in [0.1, 0.15) is 27.7 Å². The molecule has 7 heteroatoms. The van der Waals surface area contributed by atoms with Crippen LogP contribution in [-0.2, 0) is 0 Å². The molecule has 1 rings (SSSR count). The molecule has 0 aliphatic heterocycles. The van der Waals surface area contributed by atoms with Crippen molar-refractivity contribution in [1.29, 1.82) is 0 Å². The quantitative estimate of drug-likeness (QED) is 0.811. The van der Waals surface area contributed by atoms with Crippen molar-refractivity contribution in [2.75, 3.05) is 33.1 Å². The van der Waals surface area contributed by atoms with Gasteiger partial charge in [0.05, 0.1) is 6.10 Å². The van der Waals surface area contributed by atoms with Gasteiger partial charge in [-0.1, -0.05) is 0 Å². The van der Waals surface area contributed by atoms with Crippen LogP contribution >= 0.6 is 0 Å². The van der Waals surface area contributed by atoms with Crippen molar-refractivity contribution in [3.8, 4) is 12.0 Å². The molecule has 0 radical (unpaired) electrons. The van der Waals surface area contributed by atoms with E-state index in [0.717, 1.165) is 0 Å². The van der Waals surface area contributed by atoms with Crippen molar-refractivity contribution in [2.24, 2.45) is 0 Å². The Balaban J connectivity index is 2.83. The zero-order valence-corrected chi connectivity index (χ0v) is 13.4. The molecule has 0 spiro atoms. The Morgan fingerprint density at radius 1 is 1.15 bits per heavy atom. The number of hydrogen-bond acceptors (Lipinski definition) is 7. The Morgan fingerprint density at radius 2 is 1.75 bits per heavy atom. The van der Waals surface area contributed by atoms with E-state index in [1.54, 1.807) is 7.05 Å². The van der Waals surface area contributed by atoms with E-state index in [1.165, 1.54) is 0 Å². The highest BCUT2D eigenvalue weighted by molar-refractivity contribution is 5.26. The monoisotopic (exact) mass is 283 g/mol. The summed E-state index contributed by atoms with van der Waals surface area (Å²) in [5.74, 6) is 0.424. The van der Waals surface area contributed by atoms with Crippen LogP contribution < -0.4 is 14.8 Å². The van der Waals surface area contributed by atoms with Gasteiger partial charge in [-0.3, -0.25) is 0 Å². The van der Waals surface area contributed by atoms with Crippen LogP contribution in [0.4, 0.5) is 5.95 Å². The summed E-state index contributed by atoms with van der Waals surface area (Å²) < 4.78 is 11.2. The van der Waals surface area contributed by atoms with E-state index >= 15 is 0 Å². The molecule has 1 heterocycles. The normalized spacial score (nSPS) is 11.8. The first kappa shape index (κ1) is 16.4. The van der Waals surface area contributed by atoms with Gasteiger partial charge in [0.2, 0.25) is 5.95 Å². The molecule has 0 aliphatic carbocycles. The first-order valence-corrected chi connectivity index (χ1v) is 6.65. The zero-order chi connectivity index (χ0) is 15.3. The summed E-state index contributed by atoms with van der Waals surface area (Å²) >= 11 is 0. The number of aromatic nitrogens is 3. The lowest BCUT2D eigenvalue weighted by Gasteiger charge is -2.31. The van der Waals surface area contributed by atoms with Gasteiger partial charge in [0.15, 0.2) is 0 Å². The maximum absolute atomic E-state index is 5.67. The van der Waals surface area contributed by atoms with Crippen molar-refractivity contribution in [2.45, 2.75) is 39.3 Å². The Labute approximate surface area is 120 Å². The number of rotatable bonds is 7. The van der Waals surface area contributed by atoms with Gasteiger partial charge in [-0.2, -0.15) is 9.97 Å². The van der Waals surface area contributed by atoms with Crippen LogP contribution in [0.25, 0.3) is 0 Å². The summed E-state index contributed by atoms with van der Waals surface area (Å²) in [6.07, 6.45) is -0.00632. The zero-order valence-electron chi connectivity index (χ0n) is 13.4. The molecule has 0 aromatic carbocycles. The Kier molecular flexibility index (Phi) is 5.50. The molecule has 0 saturated heterocycles. The summed E-state index contributed by atoms with van der Waals surface area (Å²) in [5, 5.41) is 2.87. The van der Waals surface area contributed by atoms with E-state index in [1.807, 2.05) is 27.9 Å². The number of anilines is 1. The second-order valence-electron chi connectivity index (χ2n) is 5.64. The molecule has 0 fully saturated rings. The Morgan fingerprint density at radius 3 is 2.25 bits per heavy atom. The molecular formula is C13H25N5O2. The highest BCUT2D eigenvalue weighted by atomic mass is 16.5. The topological polar surface area (TPSA) is 72.4 Å². The molecule has 1 N–H and O–H groups in total. The molecule has 0 amide bonds. The third-order valence-electron chi connectivity index (χ3n) is 2.92. The molecule has 0 atom stereocenters. The first-order chi connectivity index (χ1) is 9.24. The third kappa shape index (κ3) is 4.80. The SMILES string of the molecule is CNc1nc(OCC(C)(C)N(C)C)nc(OC(C)C)n1. The van der Waals surface area contributed by atoms with Crippen molar-refractivity contribution in [1.82, 2.24) is 19.9 Å². The van der Waals surface area contributed by atoms with Gasteiger partial charge in [-0.15, -0.1) is 4.98 Å². The fourth-order valence-corrected chi connectivity index (χ4v) is 1.15. The van der Waals surface area contributed by atoms with Gasteiger partial charge in [0, 0.05) is 12.6 Å². The second-order valence-corrected chi connectivity index (χ2v) is 5.64. The molecule has 1 aromatic heterocycles. The fourth-order valence-electron chi connectivity index (χ4n) is 1.15. The van der Waals surface area contributed by atoms with Gasteiger partial charge in [-0.05, 0) is 41.8 Å². The van der Waals surface area contributed by atoms with Crippen LogP contribution in [-0.4, -0.2) is 59.2 Å². The van der Waals surface area contributed by atoms with Gasteiger partial charge in [0.25, 0.3) is 0 Å². The summed E-state index contributed by atoms with van der Waals surface area (Å²) in [7, 11) is 5.74. The average molecular weight is 283 g/mol. The van der Waals surface area contributed by atoms with Crippen molar-refractivity contribution >= 4 is 5.95 Å². The number of ether oxygens (including phenoxy) is 2. The summed E-state index contributed by atoms with van der Waals surface area (Å²) in [6.45, 7) is 8.46. The van der Waals surface area contributed by atoms with Gasteiger partial charge < -0.3 is 19.7 Å². The molecule has 0 saturated carbocycles. The van der Waals surface area contributed by atoms with Gasteiger partial charge in [0.1, 0.15) is 6.61 Å². The van der Waals surface area contributed by atoms with Crippen LogP contribution in [0.15, 0.2) is 0 Å². The van der Waals surface area contributed by atoms with Crippen LogP contribution in [0.2, 0.25) is 0 Å². The second kappa shape index (κ2) is 6.69. The summed E-state index contributed by atoms with van der Waals surface area (Å²) in [6, 6.07) is 0.520. The molecule has 0 aliphatic rings. The van der Waals surface area contributed by atoms with E-state index in [2.05, 4.69) is 39.0 Å². The molecule has 114 valence electrons. The van der Waals surface area contributed by atoms with Crippen molar-refractivity contribution < 1.29 is 9.47 Å². The molecule has 0 unspecified atom stereocenters. The first-order valence-electron chi connectivity index (χ1n) is 6.65. The molecule has 1 aromatic rings. The minimum absolute atomic E-state index is 0.00632. The fraction of sp³-hybridized carbons (Fsp3) is 0.769. The Hall–Kier alpha value is -1.63. The number of likely N-dealkylation sites (N-methyl/N-ethyl adjacent to an activating group) is 1. The Bertz CT molecular complexity index is 435. The number of hydrogen-bond donors (Lipinski definition) is 1. The predicted octanol–water partition coefficient (Wildman–Crippen LogP) is 1.42. The minimum atomic E-state index is -0.120. The maximum atomic E-state index is 5.67. The summed E-state index contributed by atoms with van der Waals surface area (Å²) in [4.78, 5) is 14.5. The van der Waals surface area contributed by atoms with Crippen molar-refractivity contribution in [3.05, 3.63) is 0 Å². The van der Waals surface area contributed by atoms with E-state index < -0.39 is 0 Å². The molecule has 0 bridgehead atoms. The van der Waals surface area contributed by atoms with E-state index in [4.69, 9.17) is 9.47 Å². The third-order valence-corrected chi connectivity index (χ3v) is 2.92. The van der Waals surface area contributed by atoms with Gasteiger partial charge in [-0.25, -0.2) is 0 Å². The average Bonchev–Trinajstić information content (AvgIpc) is 2.35. The largest absolute Gasteiger partial charge is 0.461 e. The lowest BCUT2D eigenvalue weighted by molar-refractivity contribution is 0.106. The van der Waals surface area contributed by atoms with Crippen molar-refractivity contribution in [3.63, 3.8) is 0 Å². The minimum Gasteiger partial charge on any atom is -0.461 e. The molecular weight excluding hydrogens is 258 g/mol. The summed E-state index contributed by atoms with van der Waals surface area (Å²) in [5.41, 5.74) is -0.120. The maximum Gasteiger partial charge on any atom is 0.324 e. The predicted molar refractivity (Wildman–Crippen MR) is 78.4 cm³/mol. The number of nitrogens with zero attached hydrogens (tertiary/aromatic N) is 4. The van der Waals surface area contributed by atoms with E-state index in [-0.39, 0.29) is 23.7 Å². The molecule has 7 nitrogen and oxygen atoms in total. The van der Waals surface area contributed by atoms with E-state index in [9.17, 15) is 0 Å². The molecule has 20 heavy (non-hydrogen) atoms. The van der Waals surface area contributed by atoms with Crippen LogP contribution in [0.3, 0.4) is 0 Å². The van der Waals surface area contributed by atoms with Crippen LogP contribution in [0, 0.1) is 0 Å². The lowest BCUT2D eigenvalue weighted by Crippen LogP contribution is -2.43. The number of nitrogens with one attached hydrogen (secondary N) is 1. The van der Waals surface area contributed by atoms with Crippen LogP contribution in [0.5, 0.6) is 12.0 Å². The smallest absolute Gasteiger partial charge is 0.324 e.